The van der Waals surface area contributed by atoms with Gasteiger partial charge in [-0.3, -0.25) is 9.59 Å². The van der Waals surface area contributed by atoms with Crippen molar-refractivity contribution in [1.29, 1.82) is 0 Å². The fourth-order valence-corrected chi connectivity index (χ4v) is 3.27. The predicted octanol–water partition coefficient (Wildman–Crippen LogP) is 3.45. The minimum atomic E-state index is -0.892. The molecule has 0 spiro atoms. The maximum absolute atomic E-state index is 12.3. The predicted molar refractivity (Wildman–Crippen MR) is 100 cm³/mol. The Bertz CT molecular complexity index is 878. The highest BCUT2D eigenvalue weighted by Crippen LogP contribution is 2.22. The van der Waals surface area contributed by atoms with Gasteiger partial charge in [0.05, 0.1) is 10.9 Å². The van der Waals surface area contributed by atoms with Crippen LogP contribution in [0.3, 0.4) is 0 Å². The van der Waals surface area contributed by atoms with Crippen LogP contribution in [0.15, 0.2) is 52.4 Å². The molecule has 140 valence electrons. The Hall–Kier alpha value is -3.00. The first-order chi connectivity index (χ1) is 13.1. The average Bonchev–Trinajstić information content (AvgIpc) is 3.35. The molecule has 2 N–H and O–H groups in total. The third-order valence-electron chi connectivity index (χ3n) is 3.96. The van der Waals surface area contributed by atoms with Crippen LogP contribution in [-0.4, -0.2) is 27.1 Å². The zero-order valence-corrected chi connectivity index (χ0v) is 15.3. The average molecular weight is 385 g/mol. The molecule has 0 saturated carbocycles. The fraction of sp³-hybridized carbons (Fsp3) is 0.263. The number of hydrogen-bond donors (Lipinski definition) is 2. The van der Waals surface area contributed by atoms with Crippen molar-refractivity contribution in [2.45, 2.75) is 31.7 Å². The van der Waals surface area contributed by atoms with Crippen LogP contribution in [0, 0.1) is 0 Å². The van der Waals surface area contributed by atoms with Gasteiger partial charge in [0.2, 0.25) is 17.6 Å². The number of hydrogen-bond acceptors (Lipinski definition) is 6. The van der Waals surface area contributed by atoms with E-state index in [0.717, 1.165) is 10.4 Å². The number of rotatable bonds is 9. The zero-order chi connectivity index (χ0) is 19.1. The van der Waals surface area contributed by atoms with Crippen molar-refractivity contribution in [1.82, 2.24) is 15.5 Å². The largest absolute Gasteiger partial charge is 0.481 e. The minimum Gasteiger partial charge on any atom is -0.481 e. The number of carbonyl (C=O) groups is 2. The monoisotopic (exact) mass is 385 g/mol. The van der Waals surface area contributed by atoms with Crippen molar-refractivity contribution in [3.05, 3.63) is 59.3 Å². The summed E-state index contributed by atoms with van der Waals surface area (Å²) < 4.78 is 5.20. The van der Waals surface area contributed by atoms with Crippen LogP contribution < -0.4 is 5.32 Å². The molecule has 8 heteroatoms. The number of aryl methyl sites for hydroxylation is 1. The summed E-state index contributed by atoms with van der Waals surface area (Å²) in [6.07, 6.45) is 0.814. The van der Waals surface area contributed by atoms with E-state index < -0.39 is 5.97 Å². The van der Waals surface area contributed by atoms with Crippen molar-refractivity contribution in [3.8, 4) is 10.7 Å². The van der Waals surface area contributed by atoms with Gasteiger partial charge in [0, 0.05) is 19.3 Å². The minimum absolute atomic E-state index is 0.0202. The molecule has 1 amide bonds. The van der Waals surface area contributed by atoms with E-state index in [1.54, 1.807) is 0 Å². The fourth-order valence-electron chi connectivity index (χ4n) is 2.62. The second-order valence-electron chi connectivity index (χ2n) is 5.95. The summed E-state index contributed by atoms with van der Waals surface area (Å²) in [7, 11) is 0. The molecule has 0 aliphatic carbocycles. The van der Waals surface area contributed by atoms with Gasteiger partial charge in [0.15, 0.2) is 0 Å². The van der Waals surface area contributed by atoms with Crippen molar-refractivity contribution in [2.24, 2.45) is 0 Å². The van der Waals surface area contributed by atoms with E-state index in [0.29, 0.717) is 24.6 Å². The number of aliphatic carboxylic acids is 1. The Morgan fingerprint density at radius 2 is 1.96 bits per heavy atom. The SMILES string of the molecule is O=C(O)CCC(NC(=O)CCc1nc(-c2cccs2)no1)c1ccccc1. The molecule has 0 aliphatic heterocycles. The van der Waals surface area contributed by atoms with Gasteiger partial charge in [-0.05, 0) is 23.4 Å². The van der Waals surface area contributed by atoms with E-state index in [9.17, 15) is 9.59 Å². The van der Waals surface area contributed by atoms with E-state index in [1.165, 1.54) is 11.3 Å². The lowest BCUT2D eigenvalue weighted by molar-refractivity contribution is -0.137. The molecule has 2 aromatic heterocycles. The Balaban J connectivity index is 1.56. The molecule has 27 heavy (non-hydrogen) atoms. The quantitative estimate of drug-likeness (QED) is 0.584. The standard InChI is InChI=1S/C19H19N3O4S/c23-16(9-10-17-21-19(22-26-17)15-7-4-12-27-15)20-14(8-11-18(24)25)13-5-2-1-3-6-13/h1-7,12,14H,8-11H2,(H,20,23)(H,24,25). The van der Waals surface area contributed by atoms with Crippen molar-refractivity contribution >= 4 is 23.2 Å². The highest BCUT2D eigenvalue weighted by atomic mass is 32.1. The van der Waals surface area contributed by atoms with E-state index in [-0.39, 0.29) is 24.8 Å². The third-order valence-corrected chi connectivity index (χ3v) is 4.83. The number of aromatic nitrogens is 2. The molecule has 0 fully saturated rings. The number of thiophene rings is 1. The summed E-state index contributed by atoms with van der Waals surface area (Å²) in [4.78, 5) is 28.4. The van der Waals surface area contributed by atoms with Gasteiger partial charge < -0.3 is 14.9 Å². The second kappa shape index (κ2) is 9.09. The van der Waals surface area contributed by atoms with E-state index in [1.807, 2.05) is 47.8 Å². The summed E-state index contributed by atoms with van der Waals surface area (Å²) in [5.41, 5.74) is 0.880. The molecule has 3 rings (SSSR count). The molecular weight excluding hydrogens is 366 g/mol. The van der Waals surface area contributed by atoms with Gasteiger partial charge in [-0.1, -0.05) is 41.6 Å². The highest BCUT2D eigenvalue weighted by Gasteiger charge is 2.17. The summed E-state index contributed by atoms with van der Waals surface area (Å²) in [6.45, 7) is 0. The van der Waals surface area contributed by atoms with Gasteiger partial charge in [0.1, 0.15) is 0 Å². The molecule has 2 heterocycles. The Morgan fingerprint density at radius 1 is 1.15 bits per heavy atom. The van der Waals surface area contributed by atoms with Gasteiger partial charge in [0.25, 0.3) is 0 Å². The Labute approximate surface area is 160 Å². The first kappa shape index (κ1) is 18.8. The second-order valence-corrected chi connectivity index (χ2v) is 6.90. The molecule has 1 aromatic carbocycles. The topological polar surface area (TPSA) is 105 Å². The summed E-state index contributed by atoms with van der Waals surface area (Å²) in [5, 5.41) is 17.7. The first-order valence-electron chi connectivity index (χ1n) is 8.54. The van der Waals surface area contributed by atoms with Crippen molar-refractivity contribution in [3.63, 3.8) is 0 Å². The summed E-state index contributed by atoms with van der Waals surface area (Å²) in [5.74, 6) is -0.165. The lowest BCUT2D eigenvalue weighted by Crippen LogP contribution is -2.29. The Morgan fingerprint density at radius 3 is 2.67 bits per heavy atom. The maximum atomic E-state index is 12.3. The summed E-state index contributed by atoms with van der Waals surface area (Å²) in [6, 6.07) is 12.8. The van der Waals surface area contributed by atoms with Crippen LogP contribution in [0.1, 0.15) is 36.8 Å². The number of nitrogens with zero attached hydrogens (tertiary/aromatic N) is 2. The van der Waals surface area contributed by atoms with Gasteiger partial charge in [-0.25, -0.2) is 0 Å². The van der Waals surface area contributed by atoms with Gasteiger partial charge in [-0.15, -0.1) is 11.3 Å². The van der Waals surface area contributed by atoms with Gasteiger partial charge >= 0.3 is 5.97 Å². The van der Waals surface area contributed by atoms with E-state index in [2.05, 4.69) is 15.5 Å². The third kappa shape index (κ3) is 5.49. The molecule has 7 nitrogen and oxygen atoms in total. The van der Waals surface area contributed by atoms with E-state index in [4.69, 9.17) is 9.63 Å². The van der Waals surface area contributed by atoms with Crippen LogP contribution in [-0.2, 0) is 16.0 Å². The number of carbonyl (C=O) groups excluding carboxylic acids is 1. The van der Waals surface area contributed by atoms with Crippen LogP contribution >= 0.6 is 11.3 Å². The van der Waals surface area contributed by atoms with Crippen molar-refractivity contribution < 1.29 is 19.2 Å². The molecular formula is C19H19N3O4S. The molecule has 0 bridgehead atoms. The number of nitrogens with one attached hydrogen (secondary N) is 1. The molecule has 0 saturated heterocycles. The maximum Gasteiger partial charge on any atom is 0.303 e. The molecule has 0 aliphatic rings. The molecule has 3 aromatic rings. The molecule has 0 radical (unpaired) electrons. The number of amides is 1. The van der Waals surface area contributed by atoms with Crippen LogP contribution in [0.25, 0.3) is 10.7 Å². The normalized spacial score (nSPS) is 11.9. The lowest BCUT2D eigenvalue weighted by Gasteiger charge is -2.18. The highest BCUT2D eigenvalue weighted by molar-refractivity contribution is 7.13. The number of carboxylic acid groups (broad SMARTS) is 1. The van der Waals surface area contributed by atoms with Crippen LogP contribution in [0.4, 0.5) is 0 Å². The summed E-state index contributed by atoms with van der Waals surface area (Å²) >= 11 is 1.52. The zero-order valence-electron chi connectivity index (χ0n) is 14.5. The molecule has 1 atom stereocenters. The Kier molecular flexibility index (Phi) is 6.32. The van der Waals surface area contributed by atoms with Gasteiger partial charge in [-0.2, -0.15) is 4.98 Å². The number of benzene rings is 1. The van der Waals surface area contributed by atoms with Crippen molar-refractivity contribution in [2.75, 3.05) is 0 Å². The first-order valence-corrected chi connectivity index (χ1v) is 9.42. The van der Waals surface area contributed by atoms with Crippen LogP contribution in [0.2, 0.25) is 0 Å². The van der Waals surface area contributed by atoms with Crippen LogP contribution in [0.5, 0.6) is 0 Å². The lowest BCUT2D eigenvalue weighted by atomic mass is 10.0. The molecule has 1 unspecified atom stereocenters. The van der Waals surface area contributed by atoms with E-state index >= 15 is 0 Å². The smallest absolute Gasteiger partial charge is 0.303 e. The number of carboxylic acids is 1.